The maximum atomic E-state index is 11.8. The van der Waals surface area contributed by atoms with Crippen LogP contribution in [0.5, 0.6) is 0 Å². The van der Waals surface area contributed by atoms with E-state index in [4.69, 9.17) is 5.73 Å². The van der Waals surface area contributed by atoms with E-state index in [0.717, 1.165) is 12.8 Å². The zero-order valence-corrected chi connectivity index (χ0v) is 9.63. The van der Waals surface area contributed by atoms with Gasteiger partial charge in [0.2, 0.25) is 5.91 Å². The monoisotopic (exact) mass is 223 g/mol. The molecular formula is C10H17N5O. The van der Waals surface area contributed by atoms with E-state index in [1.807, 2.05) is 14.0 Å². The number of nitrogens with two attached hydrogens (primary N) is 1. The first-order valence-electron chi connectivity index (χ1n) is 5.49. The normalized spacial score (nSPS) is 17.2. The van der Waals surface area contributed by atoms with Crippen LogP contribution in [0.3, 0.4) is 0 Å². The molecule has 1 saturated carbocycles. The summed E-state index contributed by atoms with van der Waals surface area (Å²) in [7, 11) is 1.84. The molecule has 6 heteroatoms. The number of likely N-dealkylation sites (N-methyl/N-ethyl adjacent to an activating group) is 1. The Morgan fingerprint density at radius 3 is 2.94 bits per heavy atom. The van der Waals surface area contributed by atoms with Crippen molar-refractivity contribution in [1.29, 1.82) is 0 Å². The van der Waals surface area contributed by atoms with Gasteiger partial charge in [0, 0.05) is 19.1 Å². The first-order valence-corrected chi connectivity index (χ1v) is 5.49. The summed E-state index contributed by atoms with van der Waals surface area (Å²) < 4.78 is 1.54. The van der Waals surface area contributed by atoms with Gasteiger partial charge in [0.05, 0.1) is 11.9 Å². The molecule has 0 saturated heterocycles. The summed E-state index contributed by atoms with van der Waals surface area (Å²) in [5, 5.41) is 7.78. The van der Waals surface area contributed by atoms with Crippen LogP contribution in [0.2, 0.25) is 0 Å². The summed E-state index contributed by atoms with van der Waals surface area (Å²) in [6.07, 6.45) is 3.96. The van der Waals surface area contributed by atoms with Gasteiger partial charge in [0.25, 0.3) is 0 Å². The average molecular weight is 223 g/mol. The summed E-state index contributed by atoms with van der Waals surface area (Å²) in [5.41, 5.74) is 6.37. The van der Waals surface area contributed by atoms with Crippen LogP contribution >= 0.6 is 0 Å². The number of hydrogen-bond donors (Lipinski definition) is 1. The van der Waals surface area contributed by atoms with Crippen molar-refractivity contribution < 1.29 is 4.79 Å². The predicted molar refractivity (Wildman–Crippen MR) is 58.4 cm³/mol. The Balaban J connectivity index is 1.94. The van der Waals surface area contributed by atoms with Gasteiger partial charge >= 0.3 is 0 Å². The molecular weight excluding hydrogens is 206 g/mol. The molecule has 88 valence electrons. The van der Waals surface area contributed by atoms with Crippen LogP contribution < -0.4 is 5.73 Å². The molecule has 6 nitrogen and oxygen atoms in total. The largest absolute Gasteiger partial charge is 0.341 e. The van der Waals surface area contributed by atoms with E-state index in [9.17, 15) is 4.79 Å². The molecule has 1 aromatic heterocycles. The summed E-state index contributed by atoms with van der Waals surface area (Å²) in [5.74, 6) is 0.0728. The second-order valence-corrected chi connectivity index (χ2v) is 4.37. The molecule has 1 atom stereocenters. The number of amides is 1. The molecule has 1 aliphatic rings. The molecule has 1 aromatic rings. The highest BCUT2D eigenvalue weighted by Gasteiger charge is 2.29. The molecule has 0 radical (unpaired) electrons. The molecule has 0 spiro atoms. The first kappa shape index (κ1) is 11.1. The lowest BCUT2D eigenvalue weighted by atomic mass is 10.3. The fourth-order valence-corrected chi connectivity index (χ4v) is 1.51. The van der Waals surface area contributed by atoms with Crippen molar-refractivity contribution in [2.24, 2.45) is 5.73 Å². The maximum absolute atomic E-state index is 11.8. The third kappa shape index (κ3) is 2.38. The minimum absolute atomic E-state index is 0.0728. The van der Waals surface area contributed by atoms with E-state index >= 15 is 0 Å². The van der Waals surface area contributed by atoms with E-state index in [-0.39, 0.29) is 18.5 Å². The molecule has 16 heavy (non-hydrogen) atoms. The molecule has 0 aromatic carbocycles. The molecule has 1 heterocycles. The fourth-order valence-electron chi connectivity index (χ4n) is 1.51. The van der Waals surface area contributed by atoms with Crippen LogP contribution in [-0.2, 0) is 11.3 Å². The highest BCUT2D eigenvalue weighted by Crippen LogP contribution is 2.25. The van der Waals surface area contributed by atoms with Crippen molar-refractivity contribution in [3.8, 4) is 0 Å². The van der Waals surface area contributed by atoms with Crippen molar-refractivity contribution in [3.63, 3.8) is 0 Å². The quantitative estimate of drug-likeness (QED) is 0.774. The van der Waals surface area contributed by atoms with Gasteiger partial charge in [-0.3, -0.25) is 4.79 Å². The smallest absolute Gasteiger partial charge is 0.244 e. The summed E-state index contributed by atoms with van der Waals surface area (Å²) in [6.45, 7) is 2.08. The van der Waals surface area contributed by atoms with Crippen LogP contribution in [0.4, 0.5) is 0 Å². The average Bonchev–Trinajstić information content (AvgIpc) is 2.97. The number of carbonyl (C=O) groups is 1. The Kier molecular flexibility index (Phi) is 2.91. The van der Waals surface area contributed by atoms with Crippen molar-refractivity contribution in [1.82, 2.24) is 19.9 Å². The Bertz CT molecular complexity index is 382. The van der Waals surface area contributed by atoms with Crippen LogP contribution in [0.25, 0.3) is 0 Å². The number of rotatable bonds is 4. The van der Waals surface area contributed by atoms with Crippen LogP contribution in [0.15, 0.2) is 6.20 Å². The third-order valence-corrected chi connectivity index (χ3v) is 2.81. The number of carbonyl (C=O) groups excluding carboxylic acids is 1. The molecule has 1 fully saturated rings. The topological polar surface area (TPSA) is 77.0 Å². The molecule has 2 N–H and O–H groups in total. The van der Waals surface area contributed by atoms with Crippen LogP contribution in [0.1, 0.15) is 31.5 Å². The van der Waals surface area contributed by atoms with Gasteiger partial charge in [0.15, 0.2) is 0 Å². The zero-order valence-electron chi connectivity index (χ0n) is 9.63. The van der Waals surface area contributed by atoms with Gasteiger partial charge in [-0.25, -0.2) is 4.68 Å². The summed E-state index contributed by atoms with van der Waals surface area (Å²) in [4.78, 5) is 13.6. The molecule has 1 amide bonds. The van der Waals surface area contributed by atoms with Crippen LogP contribution in [0, 0.1) is 0 Å². The van der Waals surface area contributed by atoms with E-state index < -0.39 is 0 Å². The predicted octanol–water partition coefficient (Wildman–Crippen LogP) is -0.0814. The van der Waals surface area contributed by atoms with Crippen molar-refractivity contribution in [2.45, 2.75) is 38.4 Å². The molecule has 0 aliphatic heterocycles. The highest BCUT2D eigenvalue weighted by atomic mass is 16.2. The second kappa shape index (κ2) is 4.21. The Morgan fingerprint density at radius 2 is 2.44 bits per heavy atom. The van der Waals surface area contributed by atoms with E-state index in [2.05, 4.69) is 10.3 Å². The maximum Gasteiger partial charge on any atom is 0.244 e. The highest BCUT2D eigenvalue weighted by molar-refractivity contribution is 5.76. The van der Waals surface area contributed by atoms with Gasteiger partial charge in [-0.15, -0.1) is 5.10 Å². The van der Waals surface area contributed by atoms with Gasteiger partial charge < -0.3 is 10.6 Å². The van der Waals surface area contributed by atoms with Crippen LogP contribution in [-0.4, -0.2) is 38.9 Å². The summed E-state index contributed by atoms with van der Waals surface area (Å²) in [6, 6.07) is 0.286. The molecule has 1 unspecified atom stereocenters. The lowest BCUT2D eigenvalue weighted by Gasteiger charge is -2.15. The first-order chi connectivity index (χ1) is 7.58. The molecule has 0 bridgehead atoms. The van der Waals surface area contributed by atoms with Crippen molar-refractivity contribution in [2.75, 3.05) is 7.05 Å². The molecule has 2 rings (SSSR count). The Labute approximate surface area is 94.4 Å². The fraction of sp³-hybridized carbons (Fsp3) is 0.700. The Hall–Kier alpha value is -1.43. The van der Waals surface area contributed by atoms with Gasteiger partial charge in [-0.05, 0) is 19.8 Å². The van der Waals surface area contributed by atoms with Gasteiger partial charge in [-0.2, -0.15) is 0 Å². The second-order valence-electron chi connectivity index (χ2n) is 4.37. The van der Waals surface area contributed by atoms with Gasteiger partial charge in [0.1, 0.15) is 6.54 Å². The minimum atomic E-state index is -0.148. The Morgan fingerprint density at radius 1 is 1.75 bits per heavy atom. The summed E-state index contributed by atoms with van der Waals surface area (Å²) >= 11 is 0. The van der Waals surface area contributed by atoms with Gasteiger partial charge in [-0.1, -0.05) is 5.21 Å². The lowest BCUT2D eigenvalue weighted by molar-refractivity contribution is -0.131. The van der Waals surface area contributed by atoms with E-state index in [1.54, 1.807) is 15.8 Å². The van der Waals surface area contributed by atoms with Crippen molar-refractivity contribution >= 4 is 5.91 Å². The number of nitrogens with zero attached hydrogens (tertiary/aromatic N) is 4. The van der Waals surface area contributed by atoms with E-state index in [0.29, 0.717) is 11.7 Å². The minimum Gasteiger partial charge on any atom is -0.341 e. The standard InChI is InChI=1S/C10H17N5O/c1-7(11)9-5-15(13-12-9)6-10(16)14(2)8-3-4-8/h5,7-8H,3-4,6,11H2,1-2H3. The number of hydrogen-bond acceptors (Lipinski definition) is 4. The number of aromatic nitrogens is 3. The van der Waals surface area contributed by atoms with Crippen molar-refractivity contribution in [3.05, 3.63) is 11.9 Å². The SMILES string of the molecule is CC(N)c1cn(CC(=O)N(C)C2CC2)nn1. The third-order valence-electron chi connectivity index (χ3n) is 2.81. The lowest BCUT2D eigenvalue weighted by Crippen LogP contribution is -2.32. The van der Waals surface area contributed by atoms with E-state index in [1.165, 1.54) is 0 Å². The zero-order chi connectivity index (χ0) is 11.7. The molecule has 1 aliphatic carbocycles.